The molecule has 0 saturated carbocycles. The lowest BCUT2D eigenvalue weighted by atomic mass is 9.76. The molecule has 0 N–H and O–H groups in total. The lowest BCUT2D eigenvalue weighted by molar-refractivity contribution is 0.0910. The Labute approximate surface area is 125 Å². The van der Waals surface area contributed by atoms with Crippen LogP contribution >= 0.6 is 0 Å². The van der Waals surface area contributed by atoms with Gasteiger partial charge in [-0.15, -0.1) is 0 Å². The molecule has 4 heteroatoms. The van der Waals surface area contributed by atoms with Gasteiger partial charge < -0.3 is 9.13 Å². The second-order valence-corrected chi connectivity index (χ2v) is 6.89. The minimum absolute atomic E-state index is 0.0803. The van der Waals surface area contributed by atoms with Gasteiger partial charge in [-0.3, -0.25) is 4.79 Å². The van der Waals surface area contributed by atoms with Crippen molar-refractivity contribution in [2.45, 2.75) is 53.1 Å². The lowest BCUT2D eigenvalue weighted by Gasteiger charge is -2.30. The molecule has 2 aromatic rings. The van der Waals surface area contributed by atoms with E-state index in [2.05, 4.69) is 41.0 Å². The molecule has 2 aromatic heterocycles. The van der Waals surface area contributed by atoms with Crippen molar-refractivity contribution in [3.63, 3.8) is 0 Å². The molecule has 0 unspecified atom stereocenters. The van der Waals surface area contributed by atoms with E-state index >= 15 is 0 Å². The standard InChI is InChI=1S/C17H23N3O/c1-13-9-14-15(10-17(2,3)11-16(14)21)20(13)7-4-6-19-8-5-18-12-19/h5,8-9,12H,4,6-7,10-11H2,1-3H3. The number of ketones is 1. The molecular formula is C17H23N3O. The SMILES string of the molecule is Cc1cc2c(n1CCCn1ccnc1)CC(C)(C)CC2=O. The second-order valence-electron chi connectivity index (χ2n) is 6.89. The van der Waals surface area contributed by atoms with Gasteiger partial charge >= 0.3 is 0 Å². The van der Waals surface area contributed by atoms with Crippen molar-refractivity contribution in [1.82, 2.24) is 14.1 Å². The lowest BCUT2D eigenvalue weighted by Crippen LogP contribution is -2.28. The van der Waals surface area contributed by atoms with E-state index in [1.165, 1.54) is 11.4 Å². The maximum atomic E-state index is 12.3. The summed E-state index contributed by atoms with van der Waals surface area (Å²) in [5.41, 5.74) is 3.47. The Morgan fingerprint density at radius 1 is 1.29 bits per heavy atom. The van der Waals surface area contributed by atoms with Crippen LogP contribution in [0.1, 0.15) is 48.4 Å². The van der Waals surface area contributed by atoms with Crippen molar-refractivity contribution in [3.05, 3.63) is 41.7 Å². The monoisotopic (exact) mass is 285 g/mol. The highest BCUT2D eigenvalue weighted by molar-refractivity contribution is 5.99. The number of aryl methyl sites for hydroxylation is 2. The molecule has 0 aromatic carbocycles. The maximum absolute atomic E-state index is 12.3. The smallest absolute Gasteiger partial charge is 0.165 e. The first-order valence-corrected chi connectivity index (χ1v) is 7.64. The van der Waals surface area contributed by atoms with Gasteiger partial charge in [-0.1, -0.05) is 13.8 Å². The minimum Gasteiger partial charge on any atom is -0.348 e. The molecule has 0 amide bonds. The van der Waals surface area contributed by atoms with E-state index in [1.54, 1.807) is 0 Å². The Morgan fingerprint density at radius 2 is 2.10 bits per heavy atom. The number of hydrogen-bond acceptors (Lipinski definition) is 2. The number of fused-ring (bicyclic) bond motifs is 1. The predicted molar refractivity (Wildman–Crippen MR) is 82.4 cm³/mol. The molecule has 4 nitrogen and oxygen atoms in total. The summed E-state index contributed by atoms with van der Waals surface area (Å²) in [6.07, 6.45) is 8.36. The quantitative estimate of drug-likeness (QED) is 0.865. The normalized spacial score (nSPS) is 17.0. The van der Waals surface area contributed by atoms with Crippen LogP contribution in [0.5, 0.6) is 0 Å². The number of carbonyl (C=O) groups is 1. The number of aromatic nitrogens is 3. The molecule has 0 spiro atoms. The maximum Gasteiger partial charge on any atom is 0.165 e. The average molecular weight is 285 g/mol. The zero-order valence-electron chi connectivity index (χ0n) is 13.1. The van der Waals surface area contributed by atoms with Crippen LogP contribution in [0.15, 0.2) is 24.8 Å². The summed E-state index contributed by atoms with van der Waals surface area (Å²) in [5.74, 6) is 0.303. The molecule has 0 radical (unpaired) electrons. The van der Waals surface area contributed by atoms with E-state index in [1.807, 2.05) is 18.7 Å². The molecule has 112 valence electrons. The third kappa shape index (κ3) is 2.80. The van der Waals surface area contributed by atoms with E-state index < -0.39 is 0 Å². The summed E-state index contributed by atoms with van der Waals surface area (Å²) in [4.78, 5) is 16.4. The number of carbonyl (C=O) groups excluding carboxylic acids is 1. The number of imidazole rings is 1. The fourth-order valence-corrected chi connectivity index (χ4v) is 3.35. The Kier molecular flexibility index (Phi) is 3.47. The van der Waals surface area contributed by atoms with Gasteiger partial charge in [0.15, 0.2) is 5.78 Å². The Balaban J connectivity index is 1.78. The van der Waals surface area contributed by atoms with E-state index in [4.69, 9.17) is 0 Å². The third-order valence-electron chi connectivity index (χ3n) is 4.36. The minimum atomic E-state index is 0.0803. The molecule has 0 fully saturated rings. The van der Waals surface area contributed by atoms with Crippen molar-refractivity contribution >= 4 is 5.78 Å². The molecule has 0 saturated heterocycles. The molecular weight excluding hydrogens is 262 g/mol. The third-order valence-corrected chi connectivity index (χ3v) is 4.36. The number of hydrogen-bond donors (Lipinski definition) is 0. The molecule has 1 aliphatic carbocycles. The first kappa shape index (κ1) is 14.1. The van der Waals surface area contributed by atoms with E-state index in [0.29, 0.717) is 12.2 Å². The number of rotatable bonds is 4. The van der Waals surface area contributed by atoms with Gasteiger partial charge in [-0.25, -0.2) is 4.98 Å². The largest absolute Gasteiger partial charge is 0.348 e. The van der Waals surface area contributed by atoms with Crippen molar-refractivity contribution in [2.24, 2.45) is 5.41 Å². The summed E-state index contributed by atoms with van der Waals surface area (Å²) in [6, 6.07) is 2.07. The van der Waals surface area contributed by atoms with Crippen LogP contribution in [-0.4, -0.2) is 19.9 Å². The van der Waals surface area contributed by atoms with Crippen molar-refractivity contribution in [3.8, 4) is 0 Å². The van der Waals surface area contributed by atoms with Gasteiger partial charge in [0.2, 0.25) is 0 Å². The second kappa shape index (κ2) is 5.17. The summed E-state index contributed by atoms with van der Waals surface area (Å²) in [7, 11) is 0. The van der Waals surface area contributed by atoms with Crippen LogP contribution in [0.4, 0.5) is 0 Å². The zero-order chi connectivity index (χ0) is 15.0. The molecule has 0 bridgehead atoms. The fraction of sp³-hybridized carbons (Fsp3) is 0.529. The molecule has 3 rings (SSSR count). The van der Waals surface area contributed by atoms with Gasteiger partial charge in [0.25, 0.3) is 0 Å². The molecule has 0 atom stereocenters. The molecule has 2 heterocycles. The van der Waals surface area contributed by atoms with Gasteiger partial charge in [0, 0.05) is 48.9 Å². The van der Waals surface area contributed by atoms with Crippen molar-refractivity contribution in [2.75, 3.05) is 0 Å². The average Bonchev–Trinajstić information content (AvgIpc) is 2.99. The van der Waals surface area contributed by atoms with Crippen LogP contribution in [0.25, 0.3) is 0 Å². The zero-order valence-corrected chi connectivity index (χ0v) is 13.1. The van der Waals surface area contributed by atoms with Crippen LogP contribution in [0.3, 0.4) is 0 Å². The molecule has 21 heavy (non-hydrogen) atoms. The first-order valence-electron chi connectivity index (χ1n) is 7.64. The first-order chi connectivity index (χ1) is 9.96. The van der Waals surface area contributed by atoms with Gasteiger partial charge in [-0.05, 0) is 31.2 Å². The van der Waals surface area contributed by atoms with Gasteiger partial charge in [-0.2, -0.15) is 0 Å². The summed E-state index contributed by atoms with van der Waals surface area (Å²) >= 11 is 0. The Hall–Kier alpha value is -1.84. The highest BCUT2D eigenvalue weighted by atomic mass is 16.1. The summed E-state index contributed by atoms with van der Waals surface area (Å²) in [6.45, 7) is 8.40. The van der Waals surface area contributed by atoms with Crippen LogP contribution in [-0.2, 0) is 19.5 Å². The fourth-order valence-electron chi connectivity index (χ4n) is 3.35. The van der Waals surface area contributed by atoms with E-state index in [0.717, 1.165) is 31.5 Å². The van der Waals surface area contributed by atoms with Crippen LogP contribution in [0, 0.1) is 12.3 Å². The van der Waals surface area contributed by atoms with Gasteiger partial charge in [0.05, 0.1) is 6.33 Å². The summed E-state index contributed by atoms with van der Waals surface area (Å²) < 4.78 is 4.44. The Morgan fingerprint density at radius 3 is 2.81 bits per heavy atom. The van der Waals surface area contributed by atoms with Crippen LogP contribution in [0.2, 0.25) is 0 Å². The molecule has 0 aliphatic heterocycles. The van der Waals surface area contributed by atoms with E-state index in [-0.39, 0.29) is 5.41 Å². The Bertz CT molecular complexity index is 650. The summed E-state index contributed by atoms with van der Waals surface area (Å²) in [5, 5.41) is 0. The molecule has 1 aliphatic rings. The highest BCUT2D eigenvalue weighted by Crippen LogP contribution is 2.36. The van der Waals surface area contributed by atoms with Gasteiger partial charge in [0.1, 0.15) is 0 Å². The number of nitrogens with zero attached hydrogens (tertiary/aromatic N) is 3. The van der Waals surface area contributed by atoms with Crippen molar-refractivity contribution < 1.29 is 4.79 Å². The highest BCUT2D eigenvalue weighted by Gasteiger charge is 2.33. The topological polar surface area (TPSA) is 39.8 Å². The van der Waals surface area contributed by atoms with Crippen LogP contribution < -0.4 is 0 Å². The number of Topliss-reactive ketones (excluding diaryl/α,β-unsaturated/α-hetero) is 1. The predicted octanol–water partition coefficient (Wildman–Crippen LogP) is 3.24. The van der Waals surface area contributed by atoms with E-state index in [9.17, 15) is 4.79 Å². The van der Waals surface area contributed by atoms with Crippen molar-refractivity contribution in [1.29, 1.82) is 0 Å².